The van der Waals surface area contributed by atoms with Crippen molar-refractivity contribution in [3.8, 4) is 0 Å². The average Bonchev–Trinajstić information content (AvgIpc) is 2.67. The van der Waals surface area contributed by atoms with Gasteiger partial charge in [0.2, 0.25) is 0 Å². The van der Waals surface area contributed by atoms with E-state index in [1.807, 2.05) is 0 Å². The predicted molar refractivity (Wildman–Crippen MR) is 73.7 cm³/mol. The van der Waals surface area contributed by atoms with E-state index in [1.54, 1.807) is 0 Å². The summed E-state index contributed by atoms with van der Waals surface area (Å²) in [6, 6.07) is 0.435. The van der Waals surface area contributed by atoms with Crippen molar-refractivity contribution in [1.82, 2.24) is 15.5 Å². The molecule has 3 nitrogen and oxygen atoms in total. The van der Waals surface area contributed by atoms with E-state index in [1.165, 1.54) is 25.9 Å². The zero-order valence-corrected chi connectivity index (χ0v) is 11.6. The second-order valence-corrected chi connectivity index (χ2v) is 5.57. The molecule has 1 aliphatic heterocycles. The molecule has 1 saturated heterocycles. The van der Waals surface area contributed by atoms with Gasteiger partial charge >= 0.3 is 0 Å². The molecule has 1 atom stereocenters. The molecule has 0 aromatic rings. The first-order valence-electron chi connectivity index (χ1n) is 6.34. The second-order valence-electron chi connectivity index (χ2n) is 5.16. The molecule has 1 unspecified atom stereocenters. The van der Waals surface area contributed by atoms with Crippen molar-refractivity contribution in [1.29, 1.82) is 0 Å². The Morgan fingerprint density at radius 3 is 2.44 bits per heavy atom. The quantitative estimate of drug-likeness (QED) is 0.717. The van der Waals surface area contributed by atoms with Crippen LogP contribution in [-0.4, -0.2) is 42.2 Å². The molecule has 0 bridgehead atoms. The van der Waals surface area contributed by atoms with Crippen molar-refractivity contribution in [2.45, 2.75) is 39.7 Å². The van der Waals surface area contributed by atoms with Crippen LogP contribution in [0.5, 0.6) is 0 Å². The first-order chi connectivity index (χ1) is 7.58. The molecule has 0 aromatic carbocycles. The third-order valence-corrected chi connectivity index (χ3v) is 3.04. The fourth-order valence-electron chi connectivity index (χ4n) is 1.97. The summed E-state index contributed by atoms with van der Waals surface area (Å²) in [5, 5.41) is 7.37. The van der Waals surface area contributed by atoms with Crippen LogP contribution in [0.15, 0.2) is 0 Å². The standard InChI is InChI=1S/C12H25N3S/c1-10(2)8-13-12(16)14-11(3)9-15-6-4-5-7-15/h10-11H,4-9H2,1-3H3,(H2,13,14,16). The number of hydrogen-bond donors (Lipinski definition) is 2. The van der Waals surface area contributed by atoms with Gasteiger partial charge < -0.3 is 15.5 Å². The van der Waals surface area contributed by atoms with Crippen molar-refractivity contribution in [3.05, 3.63) is 0 Å². The lowest BCUT2D eigenvalue weighted by Crippen LogP contribution is -2.46. The predicted octanol–water partition coefficient (Wildman–Crippen LogP) is 1.59. The van der Waals surface area contributed by atoms with Gasteiger partial charge in [-0.3, -0.25) is 0 Å². The highest BCUT2D eigenvalue weighted by atomic mass is 32.1. The van der Waals surface area contributed by atoms with E-state index in [0.29, 0.717) is 12.0 Å². The van der Waals surface area contributed by atoms with E-state index in [4.69, 9.17) is 12.2 Å². The highest BCUT2D eigenvalue weighted by Gasteiger charge is 2.14. The van der Waals surface area contributed by atoms with E-state index >= 15 is 0 Å². The zero-order chi connectivity index (χ0) is 12.0. The third-order valence-electron chi connectivity index (χ3n) is 2.78. The van der Waals surface area contributed by atoms with Crippen molar-refractivity contribution < 1.29 is 0 Å². The molecule has 16 heavy (non-hydrogen) atoms. The number of nitrogens with zero attached hydrogens (tertiary/aromatic N) is 1. The molecule has 2 N–H and O–H groups in total. The molecule has 1 aliphatic rings. The van der Waals surface area contributed by atoms with Gasteiger partial charge in [0.25, 0.3) is 0 Å². The Balaban J connectivity index is 2.12. The van der Waals surface area contributed by atoms with Crippen LogP contribution in [0.3, 0.4) is 0 Å². The van der Waals surface area contributed by atoms with Gasteiger partial charge in [-0.2, -0.15) is 0 Å². The lowest BCUT2D eigenvalue weighted by Gasteiger charge is -2.23. The van der Waals surface area contributed by atoms with Crippen LogP contribution in [-0.2, 0) is 0 Å². The van der Waals surface area contributed by atoms with Crippen LogP contribution in [0.25, 0.3) is 0 Å². The summed E-state index contributed by atoms with van der Waals surface area (Å²) in [7, 11) is 0. The molecule has 1 rings (SSSR count). The minimum absolute atomic E-state index is 0.435. The van der Waals surface area contributed by atoms with Crippen LogP contribution in [0.1, 0.15) is 33.6 Å². The minimum Gasteiger partial charge on any atom is -0.362 e. The highest BCUT2D eigenvalue weighted by Crippen LogP contribution is 2.07. The number of hydrogen-bond acceptors (Lipinski definition) is 2. The summed E-state index contributed by atoms with van der Waals surface area (Å²) >= 11 is 5.25. The van der Waals surface area contributed by atoms with Gasteiger partial charge in [0.15, 0.2) is 5.11 Å². The molecule has 94 valence electrons. The molecule has 0 saturated carbocycles. The van der Waals surface area contributed by atoms with Crippen molar-refractivity contribution in [2.24, 2.45) is 5.92 Å². The molecule has 0 aromatic heterocycles. The van der Waals surface area contributed by atoms with Crippen LogP contribution in [0.2, 0.25) is 0 Å². The smallest absolute Gasteiger partial charge is 0.166 e. The van der Waals surface area contributed by atoms with Gasteiger partial charge in [-0.25, -0.2) is 0 Å². The van der Waals surface area contributed by atoms with Gasteiger partial charge in [0.1, 0.15) is 0 Å². The summed E-state index contributed by atoms with van der Waals surface area (Å²) in [4.78, 5) is 2.50. The monoisotopic (exact) mass is 243 g/mol. The largest absolute Gasteiger partial charge is 0.362 e. The molecule has 1 fully saturated rings. The van der Waals surface area contributed by atoms with Gasteiger partial charge in [-0.05, 0) is 51.0 Å². The maximum Gasteiger partial charge on any atom is 0.166 e. The number of thiocarbonyl (C=S) groups is 1. The molecular formula is C12H25N3S. The Kier molecular flexibility index (Phi) is 6.06. The second kappa shape index (κ2) is 7.07. The molecule has 0 radical (unpaired) electrons. The molecule has 4 heteroatoms. The Morgan fingerprint density at radius 2 is 1.88 bits per heavy atom. The number of likely N-dealkylation sites (tertiary alicyclic amines) is 1. The van der Waals surface area contributed by atoms with E-state index in [2.05, 4.69) is 36.3 Å². The fraction of sp³-hybridized carbons (Fsp3) is 0.917. The van der Waals surface area contributed by atoms with Crippen molar-refractivity contribution >= 4 is 17.3 Å². The first kappa shape index (κ1) is 13.7. The zero-order valence-electron chi connectivity index (χ0n) is 10.8. The number of nitrogens with one attached hydrogen (secondary N) is 2. The summed E-state index contributed by atoms with van der Waals surface area (Å²) < 4.78 is 0. The van der Waals surface area contributed by atoms with Crippen LogP contribution >= 0.6 is 12.2 Å². The molecule has 0 aliphatic carbocycles. The first-order valence-corrected chi connectivity index (χ1v) is 6.75. The summed E-state index contributed by atoms with van der Waals surface area (Å²) in [6.45, 7) is 11.1. The van der Waals surface area contributed by atoms with E-state index in [-0.39, 0.29) is 0 Å². The normalized spacial score (nSPS) is 18.8. The average molecular weight is 243 g/mol. The van der Waals surface area contributed by atoms with Gasteiger partial charge in [-0.1, -0.05) is 13.8 Å². The minimum atomic E-state index is 0.435. The van der Waals surface area contributed by atoms with E-state index < -0.39 is 0 Å². The van der Waals surface area contributed by atoms with Crippen LogP contribution in [0, 0.1) is 5.92 Å². The maximum atomic E-state index is 5.25. The summed E-state index contributed by atoms with van der Waals surface area (Å²) in [5.74, 6) is 0.633. The van der Waals surface area contributed by atoms with Crippen LogP contribution < -0.4 is 10.6 Å². The Labute approximate surface area is 105 Å². The van der Waals surface area contributed by atoms with Gasteiger partial charge in [0, 0.05) is 19.1 Å². The fourth-order valence-corrected chi connectivity index (χ4v) is 2.25. The number of rotatable bonds is 5. The van der Waals surface area contributed by atoms with E-state index in [0.717, 1.165) is 18.2 Å². The SMILES string of the molecule is CC(C)CNC(=S)NC(C)CN1CCCC1. The lowest BCUT2D eigenvalue weighted by atomic mass is 10.2. The topological polar surface area (TPSA) is 27.3 Å². The lowest BCUT2D eigenvalue weighted by molar-refractivity contribution is 0.311. The molecular weight excluding hydrogens is 218 g/mol. The molecule has 1 heterocycles. The van der Waals surface area contributed by atoms with Gasteiger partial charge in [-0.15, -0.1) is 0 Å². The van der Waals surface area contributed by atoms with Crippen molar-refractivity contribution in [2.75, 3.05) is 26.2 Å². The van der Waals surface area contributed by atoms with E-state index in [9.17, 15) is 0 Å². The summed E-state index contributed by atoms with van der Waals surface area (Å²) in [6.07, 6.45) is 2.70. The van der Waals surface area contributed by atoms with Crippen LogP contribution in [0.4, 0.5) is 0 Å². The highest BCUT2D eigenvalue weighted by molar-refractivity contribution is 7.80. The maximum absolute atomic E-state index is 5.25. The third kappa shape index (κ3) is 5.66. The van der Waals surface area contributed by atoms with Crippen molar-refractivity contribution in [3.63, 3.8) is 0 Å². The molecule has 0 amide bonds. The Bertz CT molecular complexity index is 212. The Morgan fingerprint density at radius 1 is 1.25 bits per heavy atom. The summed E-state index contributed by atoms with van der Waals surface area (Å²) in [5.41, 5.74) is 0. The Hall–Kier alpha value is -0.350. The van der Waals surface area contributed by atoms with Gasteiger partial charge in [0.05, 0.1) is 0 Å². The molecule has 0 spiro atoms.